The summed E-state index contributed by atoms with van der Waals surface area (Å²) in [6.07, 6.45) is 8.43. The molecular formula is C25H36. The lowest BCUT2D eigenvalue weighted by atomic mass is 9.70. The van der Waals surface area contributed by atoms with E-state index >= 15 is 0 Å². The molecule has 0 saturated heterocycles. The number of hydrogen-bond donors (Lipinski definition) is 0. The molecule has 0 saturated carbocycles. The standard InChI is InChI=1S/C25H36/c1-6-13-20-18-19-24(23(15-8-3)22(20)14-7-2)25(5,9-4)21-16-11-10-12-17-21/h10-12,16-19H,6-9,13-15H2,1-5H3. The first-order chi connectivity index (χ1) is 12.1. The van der Waals surface area contributed by atoms with Crippen LogP contribution in [0.15, 0.2) is 42.5 Å². The highest BCUT2D eigenvalue weighted by molar-refractivity contribution is 5.49. The summed E-state index contributed by atoms with van der Waals surface area (Å²) < 4.78 is 0. The summed E-state index contributed by atoms with van der Waals surface area (Å²) in [6, 6.07) is 16.0. The molecule has 1 unspecified atom stereocenters. The fourth-order valence-corrected chi connectivity index (χ4v) is 4.22. The molecule has 0 fully saturated rings. The third-order valence-electron chi connectivity index (χ3n) is 5.76. The van der Waals surface area contributed by atoms with Crippen LogP contribution in [0.1, 0.15) is 88.1 Å². The van der Waals surface area contributed by atoms with E-state index in [0.717, 1.165) is 6.42 Å². The summed E-state index contributed by atoms with van der Waals surface area (Å²) in [5, 5.41) is 0. The van der Waals surface area contributed by atoms with Gasteiger partial charge in [0, 0.05) is 5.41 Å². The normalized spacial score (nSPS) is 13.6. The Morgan fingerprint density at radius 2 is 1.28 bits per heavy atom. The van der Waals surface area contributed by atoms with E-state index in [-0.39, 0.29) is 5.41 Å². The molecule has 0 aromatic heterocycles. The van der Waals surface area contributed by atoms with Crippen LogP contribution in [-0.4, -0.2) is 0 Å². The van der Waals surface area contributed by atoms with Crippen molar-refractivity contribution in [2.24, 2.45) is 0 Å². The zero-order valence-corrected chi connectivity index (χ0v) is 17.0. The fraction of sp³-hybridized carbons (Fsp3) is 0.520. The summed E-state index contributed by atoms with van der Waals surface area (Å²) in [7, 11) is 0. The lowest BCUT2D eigenvalue weighted by Gasteiger charge is -2.34. The molecule has 0 heteroatoms. The van der Waals surface area contributed by atoms with Gasteiger partial charge in [-0.05, 0) is 53.5 Å². The fourth-order valence-electron chi connectivity index (χ4n) is 4.22. The summed E-state index contributed by atoms with van der Waals surface area (Å²) in [5.41, 5.74) is 7.98. The maximum atomic E-state index is 2.45. The minimum atomic E-state index is 0.0962. The average molecular weight is 337 g/mol. The number of aryl methyl sites for hydroxylation is 1. The maximum Gasteiger partial charge on any atom is 0.0174 e. The van der Waals surface area contributed by atoms with Gasteiger partial charge in [-0.25, -0.2) is 0 Å². The van der Waals surface area contributed by atoms with Crippen molar-refractivity contribution in [3.8, 4) is 0 Å². The minimum Gasteiger partial charge on any atom is -0.0651 e. The van der Waals surface area contributed by atoms with Gasteiger partial charge in [0.1, 0.15) is 0 Å². The Hall–Kier alpha value is -1.56. The van der Waals surface area contributed by atoms with E-state index in [4.69, 9.17) is 0 Å². The second-order valence-electron chi connectivity index (χ2n) is 7.53. The van der Waals surface area contributed by atoms with Crippen molar-refractivity contribution in [3.63, 3.8) is 0 Å². The molecule has 2 rings (SSSR count). The molecule has 0 aliphatic rings. The van der Waals surface area contributed by atoms with Crippen LogP contribution < -0.4 is 0 Å². The summed E-state index contributed by atoms with van der Waals surface area (Å²) in [6.45, 7) is 11.7. The first kappa shape index (κ1) is 19.8. The van der Waals surface area contributed by atoms with Crippen molar-refractivity contribution < 1.29 is 0 Å². The predicted molar refractivity (Wildman–Crippen MR) is 112 cm³/mol. The summed E-state index contributed by atoms with van der Waals surface area (Å²) >= 11 is 0. The van der Waals surface area contributed by atoms with E-state index in [1.54, 1.807) is 22.3 Å². The van der Waals surface area contributed by atoms with Crippen LogP contribution in [0.25, 0.3) is 0 Å². The highest BCUT2D eigenvalue weighted by atomic mass is 14.3. The molecular weight excluding hydrogens is 300 g/mol. The molecule has 0 bridgehead atoms. The molecule has 0 radical (unpaired) electrons. The van der Waals surface area contributed by atoms with Crippen molar-refractivity contribution in [1.82, 2.24) is 0 Å². The van der Waals surface area contributed by atoms with Gasteiger partial charge in [-0.1, -0.05) is 96.3 Å². The van der Waals surface area contributed by atoms with Crippen LogP contribution in [0.4, 0.5) is 0 Å². The van der Waals surface area contributed by atoms with Crippen molar-refractivity contribution >= 4 is 0 Å². The van der Waals surface area contributed by atoms with Gasteiger partial charge < -0.3 is 0 Å². The third-order valence-corrected chi connectivity index (χ3v) is 5.76. The predicted octanol–water partition coefficient (Wildman–Crippen LogP) is 7.26. The Kier molecular flexibility index (Phi) is 7.29. The molecule has 0 spiro atoms. The molecule has 0 heterocycles. The van der Waals surface area contributed by atoms with Crippen molar-refractivity contribution in [2.45, 2.75) is 85.0 Å². The third kappa shape index (κ3) is 4.17. The zero-order valence-electron chi connectivity index (χ0n) is 17.0. The van der Waals surface area contributed by atoms with Crippen LogP contribution >= 0.6 is 0 Å². The Morgan fingerprint density at radius 1 is 0.680 bits per heavy atom. The molecule has 0 aliphatic carbocycles. The van der Waals surface area contributed by atoms with Crippen LogP contribution in [0.2, 0.25) is 0 Å². The van der Waals surface area contributed by atoms with Gasteiger partial charge in [-0.3, -0.25) is 0 Å². The van der Waals surface area contributed by atoms with E-state index in [9.17, 15) is 0 Å². The Labute approximate surface area is 155 Å². The highest BCUT2D eigenvalue weighted by Gasteiger charge is 2.30. The SMILES string of the molecule is CCCc1ccc(C(C)(CC)c2ccccc2)c(CCC)c1CCC. The summed E-state index contributed by atoms with van der Waals surface area (Å²) in [4.78, 5) is 0. The first-order valence-electron chi connectivity index (χ1n) is 10.3. The van der Waals surface area contributed by atoms with Gasteiger partial charge in [0.2, 0.25) is 0 Å². The largest absolute Gasteiger partial charge is 0.0651 e. The van der Waals surface area contributed by atoms with Gasteiger partial charge in [0.05, 0.1) is 0 Å². The number of rotatable bonds is 9. The quantitative estimate of drug-likeness (QED) is 0.452. The van der Waals surface area contributed by atoms with Crippen LogP contribution in [0.3, 0.4) is 0 Å². The van der Waals surface area contributed by atoms with E-state index in [1.807, 2.05) is 0 Å². The lowest BCUT2D eigenvalue weighted by molar-refractivity contribution is 0.541. The average Bonchev–Trinajstić information content (AvgIpc) is 2.65. The molecule has 2 aromatic carbocycles. The van der Waals surface area contributed by atoms with Crippen LogP contribution in [0.5, 0.6) is 0 Å². The molecule has 0 aliphatic heterocycles. The molecule has 2 aromatic rings. The van der Waals surface area contributed by atoms with Gasteiger partial charge in [0.15, 0.2) is 0 Å². The summed E-state index contributed by atoms with van der Waals surface area (Å²) in [5.74, 6) is 0. The van der Waals surface area contributed by atoms with Crippen LogP contribution in [0, 0.1) is 0 Å². The van der Waals surface area contributed by atoms with Crippen molar-refractivity contribution in [1.29, 1.82) is 0 Å². The van der Waals surface area contributed by atoms with Crippen LogP contribution in [-0.2, 0) is 24.7 Å². The van der Waals surface area contributed by atoms with E-state index in [0.29, 0.717) is 0 Å². The number of hydrogen-bond acceptors (Lipinski definition) is 0. The second-order valence-corrected chi connectivity index (χ2v) is 7.53. The molecule has 0 N–H and O–H groups in total. The molecule has 136 valence electrons. The van der Waals surface area contributed by atoms with Gasteiger partial charge in [-0.2, -0.15) is 0 Å². The Bertz CT molecular complexity index is 653. The van der Waals surface area contributed by atoms with E-state index in [2.05, 4.69) is 77.1 Å². The van der Waals surface area contributed by atoms with Gasteiger partial charge in [0.25, 0.3) is 0 Å². The highest BCUT2D eigenvalue weighted by Crippen LogP contribution is 2.39. The second kappa shape index (κ2) is 9.22. The van der Waals surface area contributed by atoms with Crippen molar-refractivity contribution in [3.05, 3.63) is 70.3 Å². The Morgan fingerprint density at radius 3 is 1.84 bits per heavy atom. The van der Waals surface area contributed by atoms with Crippen molar-refractivity contribution in [2.75, 3.05) is 0 Å². The smallest absolute Gasteiger partial charge is 0.0174 e. The minimum absolute atomic E-state index is 0.0962. The van der Waals surface area contributed by atoms with E-state index in [1.165, 1.54) is 44.1 Å². The maximum absolute atomic E-state index is 2.45. The lowest BCUT2D eigenvalue weighted by Crippen LogP contribution is -2.25. The first-order valence-corrected chi connectivity index (χ1v) is 10.3. The van der Waals surface area contributed by atoms with Gasteiger partial charge >= 0.3 is 0 Å². The Balaban J connectivity index is 2.68. The molecule has 0 nitrogen and oxygen atoms in total. The molecule has 25 heavy (non-hydrogen) atoms. The molecule has 0 amide bonds. The zero-order chi connectivity index (χ0) is 18.3. The van der Waals surface area contributed by atoms with E-state index < -0.39 is 0 Å². The number of benzene rings is 2. The topological polar surface area (TPSA) is 0 Å². The monoisotopic (exact) mass is 336 g/mol. The molecule has 1 atom stereocenters. The van der Waals surface area contributed by atoms with Gasteiger partial charge in [-0.15, -0.1) is 0 Å².